The van der Waals surface area contributed by atoms with Crippen molar-refractivity contribution in [1.82, 2.24) is 10.2 Å². The number of ether oxygens (including phenoxy) is 3. The second kappa shape index (κ2) is 8.10. The number of halogens is 1. The summed E-state index contributed by atoms with van der Waals surface area (Å²) in [5.41, 5.74) is 0.540. The highest BCUT2D eigenvalue weighted by Crippen LogP contribution is 2.38. The van der Waals surface area contributed by atoms with Crippen LogP contribution in [0.5, 0.6) is 17.2 Å². The fourth-order valence-electron chi connectivity index (χ4n) is 2.50. The van der Waals surface area contributed by atoms with Gasteiger partial charge in [-0.25, -0.2) is 0 Å². The molecule has 0 bridgehead atoms. The molecule has 1 amide bonds. The summed E-state index contributed by atoms with van der Waals surface area (Å²) < 4.78 is 15.9. The lowest BCUT2D eigenvalue weighted by atomic mass is 10.1. The molecule has 1 N–H and O–H groups in total. The van der Waals surface area contributed by atoms with E-state index in [-0.39, 0.29) is 18.3 Å². The first-order valence-electron chi connectivity index (χ1n) is 6.93. The van der Waals surface area contributed by atoms with E-state index in [0.717, 1.165) is 6.54 Å². The fraction of sp³-hybridized carbons (Fsp3) is 0.533. The van der Waals surface area contributed by atoms with Crippen molar-refractivity contribution < 1.29 is 19.0 Å². The van der Waals surface area contributed by atoms with E-state index in [4.69, 9.17) is 14.2 Å². The maximum absolute atomic E-state index is 12.6. The Morgan fingerprint density at radius 1 is 1.18 bits per heavy atom. The Morgan fingerprint density at radius 2 is 1.77 bits per heavy atom. The molecule has 1 atom stereocenters. The number of nitrogens with zero attached hydrogens (tertiary/aromatic N) is 1. The molecule has 1 aromatic carbocycles. The van der Waals surface area contributed by atoms with Gasteiger partial charge < -0.3 is 24.4 Å². The molecule has 0 aromatic heterocycles. The number of carbonyl (C=O) groups is 1. The van der Waals surface area contributed by atoms with E-state index in [9.17, 15) is 4.79 Å². The third kappa shape index (κ3) is 3.75. The predicted octanol–water partition coefficient (Wildman–Crippen LogP) is 1.57. The summed E-state index contributed by atoms with van der Waals surface area (Å²) in [6.07, 6.45) is 0. The normalized spacial score (nSPS) is 17.5. The Labute approximate surface area is 137 Å². The number of carbonyl (C=O) groups excluding carboxylic acids is 1. The molecule has 1 heterocycles. The number of methoxy groups -OCH3 is 3. The average molecular weight is 331 g/mol. The Bertz CT molecular complexity index is 499. The number of hydrogen-bond acceptors (Lipinski definition) is 5. The lowest BCUT2D eigenvalue weighted by molar-refractivity contribution is 0.0708. The van der Waals surface area contributed by atoms with Gasteiger partial charge in [-0.2, -0.15) is 0 Å². The minimum atomic E-state index is -0.0254. The minimum absolute atomic E-state index is 0. The van der Waals surface area contributed by atoms with Gasteiger partial charge in [0.2, 0.25) is 5.75 Å². The molecule has 22 heavy (non-hydrogen) atoms. The van der Waals surface area contributed by atoms with Gasteiger partial charge in [0.25, 0.3) is 5.91 Å². The highest BCUT2D eigenvalue weighted by atomic mass is 35.5. The molecule has 0 unspecified atom stereocenters. The zero-order chi connectivity index (χ0) is 15.4. The van der Waals surface area contributed by atoms with Crippen LogP contribution < -0.4 is 19.5 Å². The summed E-state index contributed by atoms with van der Waals surface area (Å²) in [5.74, 6) is 1.44. The maximum atomic E-state index is 12.6. The second-order valence-corrected chi connectivity index (χ2v) is 5.02. The van der Waals surface area contributed by atoms with Gasteiger partial charge in [-0.15, -0.1) is 12.4 Å². The number of piperazine rings is 1. The third-order valence-electron chi connectivity index (χ3n) is 3.57. The van der Waals surface area contributed by atoms with Crippen LogP contribution in [0.4, 0.5) is 0 Å². The van der Waals surface area contributed by atoms with Crippen molar-refractivity contribution in [2.24, 2.45) is 0 Å². The van der Waals surface area contributed by atoms with Gasteiger partial charge in [-0.1, -0.05) is 0 Å². The van der Waals surface area contributed by atoms with Crippen LogP contribution in [0.1, 0.15) is 17.3 Å². The maximum Gasteiger partial charge on any atom is 0.254 e. The summed E-state index contributed by atoms with van der Waals surface area (Å²) in [7, 11) is 4.62. The van der Waals surface area contributed by atoms with Crippen molar-refractivity contribution in [1.29, 1.82) is 0 Å². The molecule has 1 aliphatic rings. The lowest BCUT2D eigenvalue weighted by Crippen LogP contribution is -2.51. The fourth-order valence-corrected chi connectivity index (χ4v) is 2.50. The molecule has 0 aliphatic carbocycles. The molecule has 0 saturated carbocycles. The second-order valence-electron chi connectivity index (χ2n) is 5.02. The Hall–Kier alpha value is -1.66. The molecule has 6 nitrogen and oxygen atoms in total. The molecule has 1 saturated heterocycles. The highest BCUT2D eigenvalue weighted by Gasteiger charge is 2.24. The van der Waals surface area contributed by atoms with Gasteiger partial charge in [0.1, 0.15) is 0 Å². The largest absolute Gasteiger partial charge is 0.493 e. The monoisotopic (exact) mass is 330 g/mol. The van der Waals surface area contributed by atoms with Crippen molar-refractivity contribution in [3.05, 3.63) is 17.7 Å². The molecular formula is C15H23ClN2O4. The topological polar surface area (TPSA) is 60.0 Å². The molecule has 1 aromatic rings. The van der Waals surface area contributed by atoms with Crippen LogP contribution in [0.2, 0.25) is 0 Å². The van der Waals surface area contributed by atoms with E-state index in [0.29, 0.717) is 41.9 Å². The Kier molecular flexibility index (Phi) is 6.77. The summed E-state index contributed by atoms with van der Waals surface area (Å²) in [5, 5.41) is 3.32. The van der Waals surface area contributed by atoms with Crippen molar-refractivity contribution >= 4 is 18.3 Å². The first kappa shape index (κ1) is 18.4. The van der Waals surface area contributed by atoms with Gasteiger partial charge >= 0.3 is 0 Å². The third-order valence-corrected chi connectivity index (χ3v) is 3.57. The van der Waals surface area contributed by atoms with Gasteiger partial charge in [-0.3, -0.25) is 4.79 Å². The van der Waals surface area contributed by atoms with Crippen LogP contribution in [0, 0.1) is 0 Å². The summed E-state index contributed by atoms with van der Waals surface area (Å²) in [6, 6.07) is 3.68. The summed E-state index contributed by atoms with van der Waals surface area (Å²) in [4.78, 5) is 14.5. The molecule has 7 heteroatoms. The summed E-state index contributed by atoms with van der Waals surface area (Å²) in [6.45, 7) is 4.25. The van der Waals surface area contributed by atoms with Crippen LogP contribution in [0.25, 0.3) is 0 Å². The van der Waals surface area contributed by atoms with Crippen molar-refractivity contribution in [3.8, 4) is 17.2 Å². The molecule has 1 aliphatic heterocycles. The quantitative estimate of drug-likeness (QED) is 0.908. The number of rotatable bonds is 4. The van der Waals surface area contributed by atoms with E-state index in [2.05, 4.69) is 12.2 Å². The van der Waals surface area contributed by atoms with Gasteiger partial charge in [-0.05, 0) is 19.1 Å². The van der Waals surface area contributed by atoms with Crippen molar-refractivity contribution in [3.63, 3.8) is 0 Å². The van der Waals surface area contributed by atoms with Crippen LogP contribution in [-0.4, -0.2) is 57.8 Å². The number of benzene rings is 1. The van der Waals surface area contributed by atoms with Crippen LogP contribution in [0.15, 0.2) is 12.1 Å². The Balaban J connectivity index is 0.00000242. The molecule has 124 valence electrons. The highest BCUT2D eigenvalue weighted by molar-refractivity contribution is 5.95. The van der Waals surface area contributed by atoms with E-state index in [1.807, 2.05) is 4.90 Å². The van der Waals surface area contributed by atoms with E-state index < -0.39 is 0 Å². The predicted molar refractivity (Wildman–Crippen MR) is 86.7 cm³/mol. The van der Waals surface area contributed by atoms with Crippen molar-refractivity contribution in [2.45, 2.75) is 13.0 Å². The smallest absolute Gasteiger partial charge is 0.254 e. The van der Waals surface area contributed by atoms with E-state index in [1.165, 1.54) is 0 Å². The van der Waals surface area contributed by atoms with Crippen LogP contribution in [-0.2, 0) is 0 Å². The number of nitrogens with one attached hydrogen (secondary N) is 1. The molecule has 0 radical (unpaired) electrons. The minimum Gasteiger partial charge on any atom is -0.493 e. The first-order valence-corrected chi connectivity index (χ1v) is 6.93. The summed E-state index contributed by atoms with van der Waals surface area (Å²) >= 11 is 0. The van der Waals surface area contributed by atoms with Gasteiger partial charge in [0.05, 0.1) is 21.3 Å². The molecule has 1 fully saturated rings. The number of hydrogen-bond donors (Lipinski definition) is 1. The average Bonchev–Trinajstić information content (AvgIpc) is 2.52. The van der Waals surface area contributed by atoms with E-state index in [1.54, 1.807) is 33.5 Å². The zero-order valence-electron chi connectivity index (χ0n) is 13.3. The zero-order valence-corrected chi connectivity index (χ0v) is 14.2. The Morgan fingerprint density at radius 3 is 2.23 bits per heavy atom. The SMILES string of the molecule is COc1cc(C(=O)N2CCN[C@@H](C)C2)cc(OC)c1OC.Cl. The van der Waals surface area contributed by atoms with Gasteiger partial charge in [0, 0.05) is 31.2 Å². The molecular weight excluding hydrogens is 308 g/mol. The van der Waals surface area contributed by atoms with Crippen LogP contribution >= 0.6 is 12.4 Å². The standard InChI is InChI=1S/C15H22N2O4.ClH/c1-10-9-17(6-5-16-10)15(18)11-7-12(19-2)14(21-4)13(8-11)20-3;/h7-8,10,16H,5-6,9H2,1-4H3;1H/t10-;/m0./s1. The molecule has 0 spiro atoms. The molecule has 2 rings (SSSR count). The lowest BCUT2D eigenvalue weighted by Gasteiger charge is -2.32. The number of amides is 1. The van der Waals surface area contributed by atoms with Crippen molar-refractivity contribution in [2.75, 3.05) is 41.0 Å². The van der Waals surface area contributed by atoms with E-state index >= 15 is 0 Å². The van der Waals surface area contributed by atoms with Gasteiger partial charge in [0.15, 0.2) is 11.5 Å². The first-order chi connectivity index (χ1) is 10.1. The van der Waals surface area contributed by atoms with Crippen LogP contribution in [0.3, 0.4) is 0 Å².